The van der Waals surface area contributed by atoms with Gasteiger partial charge in [0, 0.05) is 17.5 Å². The van der Waals surface area contributed by atoms with Crippen LogP contribution in [0.15, 0.2) is 78.7 Å². The van der Waals surface area contributed by atoms with Crippen molar-refractivity contribution in [3.63, 3.8) is 0 Å². The molecular formula is C22H20N2O4. The number of cyclic esters (lactones) is 1. The van der Waals surface area contributed by atoms with Gasteiger partial charge in [0.05, 0.1) is 5.56 Å². The number of ether oxygens (including phenoxy) is 2. The van der Waals surface area contributed by atoms with E-state index in [1.807, 2.05) is 26.0 Å². The van der Waals surface area contributed by atoms with Crippen LogP contribution in [0.2, 0.25) is 0 Å². The van der Waals surface area contributed by atoms with E-state index in [9.17, 15) is 9.59 Å². The van der Waals surface area contributed by atoms with Crippen molar-refractivity contribution in [3.8, 4) is 0 Å². The molecule has 142 valence electrons. The zero-order chi connectivity index (χ0) is 20.1. The maximum absolute atomic E-state index is 12.7. The first-order chi connectivity index (χ1) is 13.5. The van der Waals surface area contributed by atoms with Gasteiger partial charge < -0.3 is 14.8 Å². The fourth-order valence-electron chi connectivity index (χ4n) is 2.66. The minimum absolute atomic E-state index is 0.229. The smallest absolute Gasteiger partial charge is 0.345 e. The molecule has 0 spiro atoms. The minimum Gasteiger partial charge on any atom is -0.417 e. The second-order valence-electron chi connectivity index (χ2n) is 6.09. The van der Waals surface area contributed by atoms with E-state index < -0.39 is 18.2 Å². The van der Waals surface area contributed by atoms with Crippen molar-refractivity contribution in [2.75, 3.05) is 5.32 Å². The Morgan fingerprint density at radius 3 is 2.82 bits per heavy atom. The van der Waals surface area contributed by atoms with Crippen molar-refractivity contribution in [3.05, 3.63) is 95.4 Å². The van der Waals surface area contributed by atoms with Crippen molar-refractivity contribution in [1.29, 1.82) is 0 Å². The summed E-state index contributed by atoms with van der Waals surface area (Å²) in [5, 5.41) is 3.11. The maximum Gasteiger partial charge on any atom is 0.345 e. The summed E-state index contributed by atoms with van der Waals surface area (Å²) in [6, 6.07) is 10.0. The third-order valence-electron chi connectivity index (χ3n) is 4.17. The first kappa shape index (κ1) is 19.1. The number of fused-ring (bicyclic) bond motifs is 1. The van der Waals surface area contributed by atoms with Crippen molar-refractivity contribution >= 4 is 17.8 Å². The van der Waals surface area contributed by atoms with Crippen LogP contribution in [0, 0.1) is 0 Å². The Bertz CT molecular complexity index is 992. The van der Waals surface area contributed by atoms with Crippen LogP contribution in [0.5, 0.6) is 0 Å². The van der Waals surface area contributed by atoms with Crippen molar-refractivity contribution in [2.24, 2.45) is 0 Å². The second-order valence-corrected chi connectivity index (χ2v) is 6.09. The van der Waals surface area contributed by atoms with E-state index in [4.69, 9.17) is 9.47 Å². The standard InChI is InChI=1S/C22H20N2O4/c1-4-14(3)13-15(5-2)24-19-18(11-8-12-23-19)21(26)28-22-17-10-7-6-9-16(17)20(25)27-22/h4-13,22H,1H2,2-3H3,(H,23,24)/b14-13-,15-5+. The molecule has 2 heterocycles. The molecule has 1 aromatic carbocycles. The summed E-state index contributed by atoms with van der Waals surface area (Å²) >= 11 is 0. The summed E-state index contributed by atoms with van der Waals surface area (Å²) in [4.78, 5) is 28.9. The van der Waals surface area contributed by atoms with Crippen LogP contribution < -0.4 is 5.32 Å². The number of hydrogen-bond acceptors (Lipinski definition) is 6. The maximum atomic E-state index is 12.7. The van der Waals surface area contributed by atoms with Crippen molar-refractivity contribution in [2.45, 2.75) is 20.1 Å². The van der Waals surface area contributed by atoms with Gasteiger partial charge in [-0.1, -0.05) is 36.9 Å². The summed E-state index contributed by atoms with van der Waals surface area (Å²) in [6.45, 7) is 7.51. The molecule has 0 bridgehead atoms. The predicted octanol–water partition coefficient (Wildman–Crippen LogP) is 4.56. The molecule has 0 saturated carbocycles. The number of nitrogens with zero attached hydrogens (tertiary/aromatic N) is 1. The minimum atomic E-state index is -1.08. The van der Waals surface area contributed by atoms with Gasteiger partial charge in [0.2, 0.25) is 0 Å². The molecule has 0 aliphatic carbocycles. The molecule has 1 unspecified atom stereocenters. The lowest BCUT2D eigenvalue weighted by Gasteiger charge is -2.15. The number of carbonyl (C=O) groups excluding carboxylic acids is 2. The first-order valence-corrected chi connectivity index (χ1v) is 8.73. The van der Waals surface area contributed by atoms with Gasteiger partial charge in [-0.05, 0) is 43.7 Å². The van der Waals surface area contributed by atoms with Gasteiger partial charge >= 0.3 is 11.9 Å². The number of allylic oxidation sites excluding steroid dienone is 4. The van der Waals surface area contributed by atoms with Gasteiger partial charge in [0.15, 0.2) is 0 Å². The van der Waals surface area contributed by atoms with E-state index in [1.54, 1.807) is 48.7 Å². The van der Waals surface area contributed by atoms with Crippen LogP contribution in [-0.4, -0.2) is 16.9 Å². The number of hydrogen-bond donors (Lipinski definition) is 1. The Morgan fingerprint density at radius 2 is 2.07 bits per heavy atom. The SMILES string of the molecule is C=C/C(C)=C\C(=C/C)Nc1ncccc1C(=O)OC1OC(=O)c2ccccc21. The molecule has 1 aliphatic rings. The largest absolute Gasteiger partial charge is 0.417 e. The number of aromatic nitrogens is 1. The Morgan fingerprint density at radius 1 is 1.29 bits per heavy atom. The number of pyridine rings is 1. The number of nitrogens with one attached hydrogen (secondary N) is 1. The lowest BCUT2D eigenvalue weighted by atomic mass is 10.1. The molecule has 28 heavy (non-hydrogen) atoms. The Labute approximate surface area is 163 Å². The van der Waals surface area contributed by atoms with Gasteiger partial charge in [-0.2, -0.15) is 0 Å². The fourth-order valence-corrected chi connectivity index (χ4v) is 2.66. The predicted molar refractivity (Wildman–Crippen MR) is 106 cm³/mol. The molecule has 2 aromatic rings. The van der Waals surface area contributed by atoms with Crippen molar-refractivity contribution < 1.29 is 19.1 Å². The molecule has 1 aliphatic heterocycles. The second kappa shape index (κ2) is 8.35. The molecule has 6 nitrogen and oxygen atoms in total. The highest BCUT2D eigenvalue weighted by Crippen LogP contribution is 2.32. The Hall–Kier alpha value is -3.67. The molecule has 0 amide bonds. The van der Waals surface area contributed by atoms with Crippen LogP contribution in [0.3, 0.4) is 0 Å². The van der Waals surface area contributed by atoms with Crippen LogP contribution in [0.25, 0.3) is 0 Å². The third-order valence-corrected chi connectivity index (χ3v) is 4.17. The van der Waals surface area contributed by atoms with Crippen LogP contribution in [-0.2, 0) is 9.47 Å². The summed E-state index contributed by atoms with van der Waals surface area (Å²) in [6.07, 6.45) is 5.96. The normalized spacial score (nSPS) is 16.2. The van der Waals surface area contributed by atoms with Gasteiger partial charge in [0.1, 0.15) is 11.4 Å². The first-order valence-electron chi connectivity index (χ1n) is 8.73. The van der Waals surface area contributed by atoms with Crippen LogP contribution in [0.4, 0.5) is 5.82 Å². The molecule has 1 N–H and O–H groups in total. The topological polar surface area (TPSA) is 77.5 Å². The van der Waals surface area contributed by atoms with E-state index in [0.29, 0.717) is 16.9 Å². The molecule has 1 atom stereocenters. The number of anilines is 1. The average Bonchev–Trinajstić information content (AvgIpc) is 3.03. The fraction of sp³-hybridized carbons (Fsp3) is 0.136. The van der Waals surface area contributed by atoms with Crippen LogP contribution >= 0.6 is 0 Å². The number of carbonyl (C=O) groups is 2. The summed E-state index contributed by atoms with van der Waals surface area (Å²) in [5.74, 6) is -0.824. The number of rotatable bonds is 6. The lowest BCUT2D eigenvalue weighted by Crippen LogP contribution is -2.14. The molecule has 6 heteroatoms. The Kier molecular flexibility index (Phi) is 5.69. The molecule has 0 saturated heterocycles. The molecule has 0 fully saturated rings. The number of esters is 2. The summed E-state index contributed by atoms with van der Waals surface area (Å²) in [5.41, 5.74) is 2.86. The van der Waals surface area contributed by atoms with Crippen molar-refractivity contribution in [1.82, 2.24) is 4.98 Å². The molecule has 0 radical (unpaired) electrons. The van der Waals surface area contributed by atoms with Gasteiger partial charge in [0.25, 0.3) is 6.29 Å². The summed E-state index contributed by atoms with van der Waals surface area (Å²) in [7, 11) is 0. The van der Waals surface area contributed by atoms with Crippen LogP contribution in [0.1, 0.15) is 46.4 Å². The van der Waals surface area contributed by atoms with Gasteiger partial charge in [-0.3, -0.25) is 0 Å². The quantitative estimate of drug-likeness (QED) is 0.588. The Balaban J connectivity index is 1.82. The highest BCUT2D eigenvalue weighted by Gasteiger charge is 2.34. The average molecular weight is 376 g/mol. The molecular weight excluding hydrogens is 356 g/mol. The van der Waals surface area contributed by atoms with Gasteiger partial charge in [-0.15, -0.1) is 0 Å². The van der Waals surface area contributed by atoms with E-state index in [0.717, 1.165) is 11.3 Å². The third kappa shape index (κ3) is 4.01. The van der Waals surface area contributed by atoms with E-state index in [-0.39, 0.29) is 5.56 Å². The van der Waals surface area contributed by atoms with E-state index >= 15 is 0 Å². The molecule has 3 rings (SSSR count). The zero-order valence-corrected chi connectivity index (χ0v) is 15.6. The molecule has 1 aromatic heterocycles. The number of benzene rings is 1. The summed E-state index contributed by atoms with van der Waals surface area (Å²) < 4.78 is 10.6. The van der Waals surface area contributed by atoms with E-state index in [1.165, 1.54) is 0 Å². The highest BCUT2D eigenvalue weighted by molar-refractivity contribution is 5.97. The highest BCUT2D eigenvalue weighted by atomic mass is 16.7. The van der Waals surface area contributed by atoms with Gasteiger partial charge in [-0.25, -0.2) is 14.6 Å². The monoisotopic (exact) mass is 376 g/mol. The lowest BCUT2D eigenvalue weighted by molar-refractivity contribution is -0.0723. The zero-order valence-electron chi connectivity index (χ0n) is 15.6. The van der Waals surface area contributed by atoms with E-state index in [2.05, 4.69) is 16.9 Å².